The fraction of sp³-hybridized carbons (Fsp3) is 0.368. The van der Waals surface area contributed by atoms with Crippen LogP contribution in [0, 0.1) is 5.82 Å². The summed E-state index contributed by atoms with van der Waals surface area (Å²) in [5.74, 6) is 0.583. The van der Waals surface area contributed by atoms with Crippen LogP contribution < -0.4 is 10.6 Å². The first-order chi connectivity index (χ1) is 12.2. The fourth-order valence-corrected chi connectivity index (χ4v) is 2.42. The highest BCUT2D eigenvalue weighted by atomic mass is 19.1. The molecule has 0 bridgehead atoms. The minimum absolute atomic E-state index is 0.200. The van der Waals surface area contributed by atoms with E-state index in [9.17, 15) is 4.39 Å². The van der Waals surface area contributed by atoms with E-state index in [-0.39, 0.29) is 5.82 Å². The smallest absolute Gasteiger partial charge is 0.191 e. The van der Waals surface area contributed by atoms with Gasteiger partial charge < -0.3 is 15.5 Å². The molecule has 0 unspecified atom stereocenters. The quantitative estimate of drug-likeness (QED) is 0.569. The maximum Gasteiger partial charge on any atom is 0.191 e. The molecule has 0 atom stereocenters. The minimum atomic E-state index is -0.200. The van der Waals surface area contributed by atoms with Crippen LogP contribution in [0.2, 0.25) is 0 Å². The predicted molar refractivity (Wildman–Crippen MR) is 100 cm³/mol. The summed E-state index contributed by atoms with van der Waals surface area (Å²) in [6.45, 7) is 3.20. The number of aliphatic imine (C=N–C) groups is 1. The average Bonchev–Trinajstić information content (AvgIpc) is 2.63. The van der Waals surface area contributed by atoms with Crippen LogP contribution in [-0.2, 0) is 13.0 Å². The van der Waals surface area contributed by atoms with Crippen molar-refractivity contribution >= 4 is 5.96 Å². The van der Waals surface area contributed by atoms with Gasteiger partial charge in [-0.1, -0.05) is 18.2 Å². The largest absolute Gasteiger partial charge is 0.356 e. The molecule has 0 saturated heterocycles. The van der Waals surface area contributed by atoms with Crippen molar-refractivity contribution in [2.45, 2.75) is 13.0 Å². The van der Waals surface area contributed by atoms with E-state index < -0.39 is 0 Å². The van der Waals surface area contributed by atoms with Gasteiger partial charge in [0.1, 0.15) is 5.82 Å². The number of hydrogen-bond acceptors (Lipinski definition) is 3. The summed E-state index contributed by atoms with van der Waals surface area (Å²) in [6.07, 6.45) is 2.66. The highest BCUT2D eigenvalue weighted by Gasteiger charge is 2.02. The Hall–Kier alpha value is -2.47. The molecule has 0 saturated carbocycles. The fourth-order valence-electron chi connectivity index (χ4n) is 2.42. The number of halogens is 1. The summed E-state index contributed by atoms with van der Waals surface area (Å²) < 4.78 is 12.9. The monoisotopic (exact) mass is 343 g/mol. The van der Waals surface area contributed by atoms with Gasteiger partial charge >= 0.3 is 0 Å². The van der Waals surface area contributed by atoms with E-state index in [1.165, 1.54) is 12.1 Å². The highest BCUT2D eigenvalue weighted by Crippen LogP contribution is 2.04. The Bertz CT molecular complexity index is 643. The van der Waals surface area contributed by atoms with Crippen molar-refractivity contribution in [3.63, 3.8) is 0 Å². The van der Waals surface area contributed by atoms with Crippen LogP contribution in [0.4, 0.5) is 4.39 Å². The Morgan fingerprint density at radius 1 is 1.12 bits per heavy atom. The van der Waals surface area contributed by atoms with Gasteiger partial charge in [0, 0.05) is 51.5 Å². The van der Waals surface area contributed by atoms with Crippen LogP contribution in [0.15, 0.2) is 53.7 Å². The molecule has 5 nitrogen and oxygen atoms in total. The number of aromatic nitrogens is 1. The number of nitrogens with zero attached hydrogens (tertiary/aromatic N) is 3. The van der Waals surface area contributed by atoms with E-state index in [2.05, 4.69) is 25.5 Å². The van der Waals surface area contributed by atoms with Crippen molar-refractivity contribution in [3.8, 4) is 0 Å². The molecule has 0 fully saturated rings. The lowest BCUT2D eigenvalue weighted by atomic mass is 10.2. The minimum Gasteiger partial charge on any atom is -0.356 e. The number of rotatable bonds is 8. The molecule has 1 aromatic heterocycles. The molecule has 6 heteroatoms. The molecular formula is C19H26FN5. The molecule has 2 aromatic rings. The van der Waals surface area contributed by atoms with E-state index in [1.807, 2.05) is 37.4 Å². The number of hydrogen-bond donors (Lipinski definition) is 2. The van der Waals surface area contributed by atoms with Gasteiger partial charge in [0.15, 0.2) is 5.96 Å². The predicted octanol–water partition coefficient (Wildman–Crippen LogP) is 2.06. The van der Waals surface area contributed by atoms with E-state index in [1.54, 1.807) is 13.2 Å². The number of benzene rings is 1. The van der Waals surface area contributed by atoms with Crippen molar-refractivity contribution in [2.24, 2.45) is 4.99 Å². The van der Waals surface area contributed by atoms with Crippen molar-refractivity contribution in [2.75, 3.05) is 33.7 Å². The zero-order valence-electron chi connectivity index (χ0n) is 14.9. The zero-order valence-corrected chi connectivity index (χ0v) is 14.9. The molecule has 2 rings (SSSR count). The second-order valence-electron chi connectivity index (χ2n) is 5.86. The third-order valence-electron chi connectivity index (χ3n) is 3.78. The van der Waals surface area contributed by atoms with Crippen molar-refractivity contribution in [3.05, 3.63) is 65.7 Å². The zero-order chi connectivity index (χ0) is 17.9. The molecule has 0 aliphatic rings. The SMILES string of the molecule is CN=C(NCCc1ccccn1)NCCN(C)Cc1ccc(F)cc1. The van der Waals surface area contributed by atoms with Crippen LogP contribution >= 0.6 is 0 Å². The maximum absolute atomic E-state index is 12.9. The van der Waals surface area contributed by atoms with Gasteiger partial charge in [-0.25, -0.2) is 4.39 Å². The van der Waals surface area contributed by atoms with Gasteiger partial charge in [0.2, 0.25) is 0 Å². The summed E-state index contributed by atoms with van der Waals surface area (Å²) in [7, 11) is 3.81. The number of pyridine rings is 1. The normalized spacial score (nSPS) is 11.6. The lowest BCUT2D eigenvalue weighted by Crippen LogP contribution is -2.41. The lowest BCUT2D eigenvalue weighted by molar-refractivity contribution is 0.331. The Morgan fingerprint density at radius 2 is 1.88 bits per heavy atom. The van der Waals surface area contributed by atoms with Gasteiger partial charge in [-0.05, 0) is 36.9 Å². The summed E-state index contributed by atoms with van der Waals surface area (Å²) in [5, 5.41) is 6.58. The third kappa shape index (κ3) is 7.30. The Morgan fingerprint density at radius 3 is 2.56 bits per heavy atom. The topological polar surface area (TPSA) is 52.6 Å². The van der Waals surface area contributed by atoms with Gasteiger partial charge in [-0.3, -0.25) is 9.98 Å². The summed E-state index contributed by atoms with van der Waals surface area (Å²) in [6, 6.07) is 12.5. The number of nitrogens with one attached hydrogen (secondary N) is 2. The molecule has 0 spiro atoms. The summed E-state index contributed by atoms with van der Waals surface area (Å²) in [5.41, 5.74) is 2.16. The number of likely N-dealkylation sites (N-methyl/N-ethyl adjacent to an activating group) is 1. The van der Waals surface area contributed by atoms with Gasteiger partial charge in [0.25, 0.3) is 0 Å². The van der Waals surface area contributed by atoms with Gasteiger partial charge in [0.05, 0.1) is 0 Å². The second-order valence-corrected chi connectivity index (χ2v) is 5.86. The standard InChI is InChI=1S/C19H26FN5/c1-21-19(23-12-10-18-5-3-4-11-22-18)24-13-14-25(2)15-16-6-8-17(20)9-7-16/h3-9,11H,10,12-15H2,1-2H3,(H2,21,23,24). The molecule has 134 valence electrons. The molecule has 2 N–H and O–H groups in total. The maximum atomic E-state index is 12.9. The third-order valence-corrected chi connectivity index (χ3v) is 3.78. The molecular weight excluding hydrogens is 317 g/mol. The Kier molecular flexibility index (Phi) is 7.85. The van der Waals surface area contributed by atoms with Crippen molar-refractivity contribution in [1.29, 1.82) is 0 Å². The number of guanidine groups is 1. The first-order valence-corrected chi connectivity index (χ1v) is 8.45. The summed E-state index contributed by atoms with van der Waals surface area (Å²) >= 11 is 0. The van der Waals surface area contributed by atoms with Gasteiger partial charge in [-0.15, -0.1) is 0 Å². The summed E-state index contributed by atoms with van der Waals surface area (Å²) in [4.78, 5) is 10.7. The first kappa shape index (κ1) is 18.9. The molecule has 0 aliphatic carbocycles. The molecule has 0 radical (unpaired) electrons. The first-order valence-electron chi connectivity index (χ1n) is 8.45. The molecule has 0 aliphatic heterocycles. The molecule has 1 aromatic carbocycles. The van der Waals surface area contributed by atoms with E-state index in [0.29, 0.717) is 0 Å². The molecule has 25 heavy (non-hydrogen) atoms. The Labute approximate surface area is 149 Å². The van der Waals surface area contributed by atoms with Gasteiger partial charge in [-0.2, -0.15) is 0 Å². The van der Waals surface area contributed by atoms with Crippen LogP contribution in [0.5, 0.6) is 0 Å². The van der Waals surface area contributed by atoms with Crippen LogP contribution in [0.3, 0.4) is 0 Å². The van der Waals surface area contributed by atoms with Crippen LogP contribution in [0.1, 0.15) is 11.3 Å². The van der Waals surface area contributed by atoms with E-state index >= 15 is 0 Å². The highest BCUT2D eigenvalue weighted by molar-refractivity contribution is 5.79. The average molecular weight is 343 g/mol. The van der Waals surface area contributed by atoms with E-state index in [0.717, 1.165) is 49.8 Å². The van der Waals surface area contributed by atoms with Crippen molar-refractivity contribution < 1.29 is 4.39 Å². The molecule has 1 heterocycles. The van der Waals surface area contributed by atoms with Crippen molar-refractivity contribution in [1.82, 2.24) is 20.5 Å². The lowest BCUT2D eigenvalue weighted by Gasteiger charge is -2.18. The van der Waals surface area contributed by atoms with Crippen LogP contribution in [0.25, 0.3) is 0 Å². The van der Waals surface area contributed by atoms with E-state index in [4.69, 9.17) is 0 Å². The molecule has 0 amide bonds. The Balaban J connectivity index is 1.64. The second kappa shape index (κ2) is 10.4. The van der Waals surface area contributed by atoms with Crippen LogP contribution in [-0.4, -0.2) is 49.6 Å².